The molecule has 0 radical (unpaired) electrons. The maximum absolute atomic E-state index is 11.0. The van der Waals surface area contributed by atoms with Crippen molar-refractivity contribution in [3.8, 4) is 0 Å². The molecule has 6 atom stereocenters. The minimum atomic E-state index is -1.10. The van der Waals surface area contributed by atoms with E-state index in [1.165, 1.54) is 18.2 Å². The van der Waals surface area contributed by atoms with Gasteiger partial charge in [0.25, 0.3) is 5.69 Å². The van der Waals surface area contributed by atoms with Crippen molar-refractivity contribution in [2.45, 2.75) is 36.3 Å². The van der Waals surface area contributed by atoms with Gasteiger partial charge in [-0.1, -0.05) is 12.1 Å². The summed E-state index contributed by atoms with van der Waals surface area (Å²) in [5.41, 5.74) is 0.216. The van der Waals surface area contributed by atoms with Gasteiger partial charge in [-0.3, -0.25) is 10.1 Å². The number of aliphatic hydroxyl groups is 5. The van der Waals surface area contributed by atoms with Gasteiger partial charge in [0.15, 0.2) is 5.25 Å². The fourth-order valence-corrected chi connectivity index (χ4v) is 5.62. The summed E-state index contributed by atoms with van der Waals surface area (Å²) in [5, 5.41) is 59.3. The molecule has 1 heterocycles. The number of rotatable bonds is 9. The number of aliphatic hydroxyl groups excluding tert-OH is 5. The zero-order valence-electron chi connectivity index (χ0n) is 14.0. The van der Waals surface area contributed by atoms with E-state index in [0.29, 0.717) is 5.56 Å². The molecule has 5 N–H and O–H groups in total. The van der Waals surface area contributed by atoms with Crippen molar-refractivity contribution in [3.05, 3.63) is 39.9 Å². The molecule has 1 aromatic carbocycles. The molecule has 0 aliphatic carbocycles. The van der Waals surface area contributed by atoms with Crippen LogP contribution in [-0.4, -0.2) is 84.8 Å². The lowest BCUT2D eigenvalue weighted by molar-refractivity contribution is -0.386. The maximum atomic E-state index is 11.0. The van der Waals surface area contributed by atoms with Gasteiger partial charge in [0.1, 0.15) is 35.9 Å². The van der Waals surface area contributed by atoms with Crippen LogP contribution >= 0.6 is 0 Å². The second-order valence-electron chi connectivity index (χ2n) is 6.13. The molecule has 9 nitrogen and oxygen atoms in total. The number of nitro groups is 1. The lowest BCUT2D eigenvalue weighted by Crippen LogP contribution is -2.42. The van der Waals surface area contributed by atoms with E-state index < -0.39 is 52.1 Å². The van der Waals surface area contributed by atoms with Crippen LogP contribution in [0.1, 0.15) is 5.56 Å². The fraction of sp³-hybridized carbons (Fsp3) is 0.625. The molecule has 0 bridgehead atoms. The monoisotopic (exact) mass is 390 g/mol. The molecule has 0 spiro atoms. The van der Waals surface area contributed by atoms with E-state index in [2.05, 4.69) is 0 Å². The summed E-state index contributed by atoms with van der Waals surface area (Å²) in [4.78, 5) is 10.5. The third-order valence-corrected chi connectivity index (χ3v) is 7.23. The Morgan fingerprint density at radius 1 is 1.31 bits per heavy atom. The average Bonchev–Trinajstić information content (AvgIpc) is 2.88. The Balaban J connectivity index is 1.97. The van der Waals surface area contributed by atoms with E-state index in [4.69, 9.17) is 4.74 Å². The van der Waals surface area contributed by atoms with Gasteiger partial charge in [-0.05, 0) is 6.07 Å². The van der Waals surface area contributed by atoms with Gasteiger partial charge in [0, 0.05) is 17.0 Å². The minimum absolute atomic E-state index is 0.108. The van der Waals surface area contributed by atoms with E-state index in [9.17, 15) is 35.6 Å². The van der Waals surface area contributed by atoms with Crippen LogP contribution in [0.15, 0.2) is 24.3 Å². The van der Waals surface area contributed by atoms with Crippen molar-refractivity contribution in [1.29, 1.82) is 0 Å². The smallest absolute Gasteiger partial charge is 0.274 e. The summed E-state index contributed by atoms with van der Waals surface area (Å²) in [7, 11) is -0.637. The number of nitrogens with zero attached hydrogens (tertiary/aromatic N) is 1. The Labute approximate surface area is 153 Å². The van der Waals surface area contributed by atoms with Crippen LogP contribution in [-0.2, 0) is 22.2 Å². The van der Waals surface area contributed by atoms with Gasteiger partial charge >= 0.3 is 0 Å². The first-order valence-electron chi connectivity index (χ1n) is 8.15. The summed E-state index contributed by atoms with van der Waals surface area (Å²) < 4.78 is 5.48. The first-order valence-corrected chi connectivity index (χ1v) is 9.77. The van der Waals surface area contributed by atoms with E-state index in [0.717, 1.165) is 0 Å². The Hall–Kier alpha value is -1.27. The second-order valence-corrected chi connectivity index (χ2v) is 8.48. The number of benzene rings is 1. The van der Waals surface area contributed by atoms with Crippen molar-refractivity contribution >= 4 is 16.6 Å². The highest BCUT2D eigenvalue weighted by atomic mass is 32.2. The molecule has 1 fully saturated rings. The molecule has 146 valence electrons. The molecule has 1 saturated heterocycles. The molecule has 2 rings (SSSR count). The second kappa shape index (κ2) is 9.60. The number of para-hydroxylation sites is 1. The van der Waals surface area contributed by atoms with Crippen LogP contribution < -0.4 is 0 Å². The predicted octanol–water partition coefficient (Wildman–Crippen LogP) is -1.45. The zero-order chi connectivity index (χ0) is 19.3. The van der Waals surface area contributed by atoms with Crippen molar-refractivity contribution < 1.29 is 35.2 Å². The zero-order valence-corrected chi connectivity index (χ0v) is 14.9. The molecule has 26 heavy (non-hydrogen) atoms. The van der Waals surface area contributed by atoms with Crippen molar-refractivity contribution in [2.75, 3.05) is 24.7 Å². The third kappa shape index (κ3) is 4.92. The van der Waals surface area contributed by atoms with E-state index in [1.807, 2.05) is 0 Å². The van der Waals surface area contributed by atoms with Crippen molar-refractivity contribution in [2.24, 2.45) is 0 Å². The van der Waals surface area contributed by atoms with Gasteiger partial charge in [0.05, 0.1) is 30.3 Å². The summed E-state index contributed by atoms with van der Waals surface area (Å²) in [6.45, 7) is -0.954. The SMILES string of the molecule is O=[N+]([O-])c1ccccc1CO[C@@H](CO)C(O)C[S+]1C[C@@H](O)[C@H](O)[C@H]1CO. The Bertz CT molecular complexity index is 603. The largest absolute Gasteiger partial charge is 0.394 e. The van der Waals surface area contributed by atoms with E-state index in [-0.39, 0.29) is 30.4 Å². The molecule has 10 heteroatoms. The van der Waals surface area contributed by atoms with Gasteiger partial charge in [0.2, 0.25) is 0 Å². The molecule has 1 aliphatic heterocycles. The number of ether oxygens (including phenoxy) is 1. The molecule has 0 amide bonds. The molecule has 1 aliphatic rings. The summed E-state index contributed by atoms with van der Waals surface area (Å²) >= 11 is 0. The number of hydrogen-bond donors (Lipinski definition) is 5. The molecule has 0 aromatic heterocycles. The first kappa shape index (κ1) is 21.0. The normalized spacial score (nSPS) is 28.0. The van der Waals surface area contributed by atoms with Crippen LogP contribution in [0.2, 0.25) is 0 Å². The van der Waals surface area contributed by atoms with Gasteiger partial charge in [-0.15, -0.1) is 0 Å². The van der Waals surface area contributed by atoms with Crippen LogP contribution in [0.3, 0.4) is 0 Å². The Morgan fingerprint density at radius 3 is 2.62 bits per heavy atom. The predicted molar refractivity (Wildman–Crippen MR) is 94.8 cm³/mol. The molecular weight excluding hydrogens is 366 g/mol. The number of hydrogen-bond acceptors (Lipinski definition) is 8. The first-order chi connectivity index (χ1) is 12.4. The Kier molecular flexibility index (Phi) is 7.77. The lowest BCUT2D eigenvalue weighted by atomic mass is 10.2. The summed E-state index contributed by atoms with van der Waals surface area (Å²) in [5.74, 6) is 0.396. The summed E-state index contributed by atoms with van der Waals surface area (Å²) in [6, 6.07) is 6.04. The van der Waals surface area contributed by atoms with Gasteiger partial charge < -0.3 is 30.3 Å². The molecule has 1 aromatic rings. The van der Waals surface area contributed by atoms with E-state index >= 15 is 0 Å². The van der Waals surface area contributed by atoms with Crippen LogP contribution in [0.4, 0.5) is 5.69 Å². The van der Waals surface area contributed by atoms with Crippen LogP contribution in [0.25, 0.3) is 0 Å². The molecule has 2 unspecified atom stereocenters. The van der Waals surface area contributed by atoms with Crippen LogP contribution in [0.5, 0.6) is 0 Å². The summed E-state index contributed by atoms with van der Waals surface area (Å²) in [6.07, 6.45) is -4.08. The fourth-order valence-electron chi connectivity index (χ4n) is 2.91. The standard InChI is InChI=1S/C16H24NO8S/c18-5-14(25-7-10-3-1-2-4-11(10)17(23)24)12(20)8-26-9-13(21)16(22)15(26)6-19/h1-4,12-16,18-22H,5-9H2/q+1/t12?,13-,14+,15-,16+,26?/m1/s1. The molecular formula is C16H24NO8S+. The van der Waals surface area contributed by atoms with Gasteiger partial charge in [-0.2, -0.15) is 0 Å². The van der Waals surface area contributed by atoms with Crippen molar-refractivity contribution in [1.82, 2.24) is 0 Å². The average molecular weight is 390 g/mol. The van der Waals surface area contributed by atoms with Crippen LogP contribution in [0, 0.1) is 10.1 Å². The Morgan fingerprint density at radius 2 is 2.00 bits per heavy atom. The lowest BCUT2D eigenvalue weighted by Gasteiger charge is -2.22. The maximum Gasteiger partial charge on any atom is 0.274 e. The highest BCUT2D eigenvalue weighted by Gasteiger charge is 2.50. The van der Waals surface area contributed by atoms with E-state index in [1.54, 1.807) is 6.07 Å². The van der Waals surface area contributed by atoms with Crippen molar-refractivity contribution in [3.63, 3.8) is 0 Å². The highest BCUT2D eigenvalue weighted by Crippen LogP contribution is 2.26. The third-order valence-electron chi connectivity index (χ3n) is 4.40. The topological polar surface area (TPSA) is 154 Å². The number of nitro benzene ring substituents is 1. The van der Waals surface area contributed by atoms with Gasteiger partial charge in [-0.25, -0.2) is 0 Å². The quantitative estimate of drug-likeness (QED) is 0.195. The molecule has 0 saturated carbocycles. The highest BCUT2D eigenvalue weighted by molar-refractivity contribution is 7.97. The minimum Gasteiger partial charge on any atom is -0.394 e.